The molecule has 1 saturated carbocycles. The van der Waals surface area contributed by atoms with E-state index in [1.807, 2.05) is 85.7 Å². The quantitative estimate of drug-likeness (QED) is 0.164. The fourth-order valence-corrected chi connectivity index (χ4v) is 5.52. The number of nitrogens with zero attached hydrogens (tertiary/aromatic N) is 1. The molecule has 0 unspecified atom stereocenters. The molecule has 0 spiro atoms. The third kappa shape index (κ3) is 12.9. The van der Waals surface area contributed by atoms with Gasteiger partial charge in [-0.25, -0.2) is 4.39 Å². The smallest absolute Gasteiger partial charge is 0.123 e. The van der Waals surface area contributed by atoms with Crippen molar-refractivity contribution < 1.29 is 4.39 Å². The number of nitrogens with two attached hydrogens (primary N) is 2. The van der Waals surface area contributed by atoms with Crippen LogP contribution in [-0.4, -0.2) is 10.2 Å². The fraction of sp³-hybridized carbons (Fsp3) is 0.357. The Bertz CT molecular complexity index is 1610. The molecule has 3 aromatic rings. The number of rotatable bonds is 10. The van der Waals surface area contributed by atoms with Gasteiger partial charge in [-0.3, -0.25) is 5.10 Å². The van der Waals surface area contributed by atoms with Gasteiger partial charge in [0.05, 0.1) is 11.2 Å². The zero-order valence-electron chi connectivity index (χ0n) is 30.8. The van der Waals surface area contributed by atoms with Crippen LogP contribution in [0.4, 0.5) is 4.39 Å². The SMILES string of the molecule is C=C(N)CC1CCCCC1.C=C/C=C(\C(C)=C(/C)NC(=C)c1n[nH]c2ccc(/C(C=C(C)C)=C/N)cc12)c1cccc(F)c1.CC.CC. The zero-order chi connectivity index (χ0) is 36.2. The van der Waals surface area contributed by atoms with Gasteiger partial charge >= 0.3 is 0 Å². The number of hydrogen-bond acceptors (Lipinski definition) is 4. The zero-order valence-corrected chi connectivity index (χ0v) is 30.8. The number of allylic oxidation sites excluding steroid dienone is 9. The highest BCUT2D eigenvalue weighted by Gasteiger charge is 2.14. The molecule has 1 aromatic heterocycles. The normalized spacial score (nSPS) is 13.7. The molecule has 2 aromatic carbocycles. The predicted molar refractivity (Wildman–Crippen MR) is 210 cm³/mol. The lowest BCUT2D eigenvalue weighted by Crippen LogP contribution is -2.11. The van der Waals surface area contributed by atoms with Crippen molar-refractivity contribution in [1.29, 1.82) is 0 Å². The lowest BCUT2D eigenvalue weighted by Gasteiger charge is -2.20. The number of hydrogen-bond donors (Lipinski definition) is 4. The van der Waals surface area contributed by atoms with Crippen molar-refractivity contribution in [2.45, 2.75) is 93.9 Å². The van der Waals surface area contributed by atoms with Crippen molar-refractivity contribution in [2.75, 3.05) is 0 Å². The Morgan fingerprint density at radius 2 is 1.65 bits per heavy atom. The Morgan fingerprint density at radius 3 is 2.21 bits per heavy atom. The summed E-state index contributed by atoms with van der Waals surface area (Å²) in [6.07, 6.45) is 15.2. The van der Waals surface area contributed by atoms with E-state index in [1.165, 1.54) is 44.2 Å². The molecule has 0 bridgehead atoms. The first kappa shape index (κ1) is 41.4. The minimum atomic E-state index is -0.284. The molecule has 4 rings (SSSR count). The van der Waals surface area contributed by atoms with Crippen LogP contribution < -0.4 is 16.8 Å². The topological polar surface area (TPSA) is 92.7 Å². The number of aromatic amines is 1. The van der Waals surface area contributed by atoms with Crippen LogP contribution in [0.5, 0.6) is 0 Å². The average molecular weight is 654 g/mol. The molecule has 260 valence electrons. The van der Waals surface area contributed by atoms with Crippen molar-refractivity contribution in [3.63, 3.8) is 0 Å². The molecule has 6 N–H and O–H groups in total. The van der Waals surface area contributed by atoms with Crippen LogP contribution in [0.3, 0.4) is 0 Å². The Morgan fingerprint density at radius 1 is 0.979 bits per heavy atom. The molecule has 0 amide bonds. The summed E-state index contributed by atoms with van der Waals surface area (Å²) in [6, 6.07) is 12.6. The van der Waals surface area contributed by atoms with E-state index in [1.54, 1.807) is 18.3 Å². The highest BCUT2D eigenvalue weighted by molar-refractivity contribution is 5.93. The van der Waals surface area contributed by atoms with E-state index in [2.05, 4.69) is 41.3 Å². The van der Waals surface area contributed by atoms with E-state index < -0.39 is 0 Å². The second-order valence-electron chi connectivity index (χ2n) is 11.7. The monoisotopic (exact) mass is 653 g/mol. The second-order valence-corrected chi connectivity index (χ2v) is 11.7. The van der Waals surface area contributed by atoms with Gasteiger partial charge in [-0.1, -0.05) is 122 Å². The summed E-state index contributed by atoms with van der Waals surface area (Å²) in [5.74, 6) is 0.569. The Balaban J connectivity index is 0.000000691. The van der Waals surface area contributed by atoms with Crippen LogP contribution in [0.2, 0.25) is 0 Å². The maximum Gasteiger partial charge on any atom is 0.123 e. The van der Waals surface area contributed by atoms with Gasteiger partial charge in [-0.2, -0.15) is 5.10 Å². The van der Waals surface area contributed by atoms with Crippen molar-refractivity contribution in [3.8, 4) is 0 Å². The van der Waals surface area contributed by atoms with Crippen molar-refractivity contribution in [3.05, 3.63) is 132 Å². The van der Waals surface area contributed by atoms with Gasteiger partial charge < -0.3 is 16.8 Å². The minimum Gasteiger partial charge on any atom is -0.404 e. The molecule has 0 aliphatic heterocycles. The first-order valence-corrected chi connectivity index (χ1v) is 17.2. The summed E-state index contributed by atoms with van der Waals surface area (Å²) in [4.78, 5) is 0. The molecule has 5 nitrogen and oxygen atoms in total. The van der Waals surface area contributed by atoms with Crippen LogP contribution in [0.1, 0.15) is 111 Å². The summed E-state index contributed by atoms with van der Waals surface area (Å²) in [6.45, 7) is 27.8. The van der Waals surface area contributed by atoms with Gasteiger partial charge in [0.15, 0.2) is 0 Å². The van der Waals surface area contributed by atoms with Gasteiger partial charge in [-0.15, -0.1) is 0 Å². The summed E-state index contributed by atoms with van der Waals surface area (Å²) in [5.41, 5.74) is 21.1. The van der Waals surface area contributed by atoms with Gasteiger partial charge in [0.1, 0.15) is 11.5 Å². The lowest BCUT2D eigenvalue weighted by molar-refractivity contribution is 0.355. The van der Waals surface area contributed by atoms with Crippen LogP contribution >= 0.6 is 0 Å². The number of fused-ring (bicyclic) bond motifs is 1. The van der Waals surface area contributed by atoms with Crippen LogP contribution in [-0.2, 0) is 0 Å². The van der Waals surface area contributed by atoms with Gasteiger partial charge in [-0.05, 0) is 92.1 Å². The molecule has 1 heterocycles. The Kier molecular flexibility index (Phi) is 19.1. The summed E-state index contributed by atoms with van der Waals surface area (Å²) >= 11 is 0. The summed E-state index contributed by atoms with van der Waals surface area (Å²) < 4.78 is 13.8. The highest BCUT2D eigenvalue weighted by atomic mass is 19.1. The first-order chi connectivity index (χ1) is 23.0. The second kappa shape index (κ2) is 22.1. The molecular weight excluding hydrogens is 593 g/mol. The van der Waals surface area contributed by atoms with Crippen LogP contribution in [0.15, 0.2) is 109 Å². The van der Waals surface area contributed by atoms with E-state index in [4.69, 9.17) is 11.5 Å². The number of halogens is 1. The predicted octanol–water partition coefficient (Wildman–Crippen LogP) is 11.6. The van der Waals surface area contributed by atoms with E-state index in [-0.39, 0.29) is 5.82 Å². The minimum absolute atomic E-state index is 0.284. The van der Waals surface area contributed by atoms with E-state index in [9.17, 15) is 4.39 Å². The third-order valence-corrected chi connectivity index (χ3v) is 7.81. The maximum absolute atomic E-state index is 13.8. The molecule has 0 radical (unpaired) electrons. The van der Waals surface area contributed by atoms with Gasteiger partial charge in [0.25, 0.3) is 0 Å². The molecule has 1 fully saturated rings. The largest absolute Gasteiger partial charge is 0.404 e. The van der Waals surface area contributed by atoms with E-state index in [0.717, 1.165) is 73.7 Å². The Labute approximate surface area is 290 Å². The molecular formula is C42H60FN5. The molecule has 1 aliphatic rings. The van der Waals surface area contributed by atoms with Gasteiger partial charge in [0.2, 0.25) is 0 Å². The lowest BCUT2D eigenvalue weighted by atomic mass is 9.86. The van der Waals surface area contributed by atoms with E-state index >= 15 is 0 Å². The van der Waals surface area contributed by atoms with Crippen molar-refractivity contribution >= 4 is 27.7 Å². The fourth-order valence-electron chi connectivity index (χ4n) is 5.52. The molecule has 0 saturated heterocycles. The third-order valence-electron chi connectivity index (χ3n) is 7.81. The number of nitrogens with one attached hydrogen (secondary N) is 2. The molecule has 1 aliphatic carbocycles. The van der Waals surface area contributed by atoms with Crippen LogP contribution in [0, 0.1) is 11.7 Å². The molecule has 6 heteroatoms. The number of H-pyrrole nitrogens is 1. The first-order valence-electron chi connectivity index (χ1n) is 17.2. The van der Waals surface area contributed by atoms with Crippen molar-refractivity contribution in [2.24, 2.45) is 17.4 Å². The average Bonchev–Trinajstić information content (AvgIpc) is 3.51. The number of benzene rings is 2. The summed E-state index contributed by atoms with van der Waals surface area (Å²) in [5, 5.41) is 11.9. The molecule has 0 atom stereocenters. The maximum atomic E-state index is 13.8. The van der Waals surface area contributed by atoms with Crippen molar-refractivity contribution in [1.82, 2.24) is 15.5 Å². The highest BCUT2D eigenvalue weighted by Crippen LogP contribution is 2.29. The number of aromatic nitrogens is 2. The summed E-state index contributed by atoms with van der Waals surface area (Å²) in [7, 11) is 0. The van der Waals surface area contributed by atoms with Gasteiger partial charge in [0, 0.05) is 23.0 Å². The Hall–Kier alpha value is -4.58. The molecule has 48 heavy (non-hydrogen) atoms. The standard InChI is InChI=1S/C29H31FN4.C9H17N.2C2H6/c1-7-9-26(23-10-8-11-25(30)15-23)19(4)20(5)32-21(6)29-27-16-22(12-13-28(27)33-34-29)24(17-31)14-18(2)3;1-8(10)7-9-5-3-2-4-6-9;2*1-2/h7-17,32H,1,6,31H2,2-5H3,(H,33,34);9H,1-7,10H2;2*1-2H3/b20-19+,24-17+,26-9+;;;. The van der Waals surface area contributed by atoms with Crippen LogP contribution in [0.25, 0.3) is 27.7 Å². The van der Waals surface area contributed by atoms with E-state index in [0.29, 0.717) is 5.70 Å².